The highest BCUT2D eigenvalue weighted by Gasteiger charge is 2.30. The number of unbranched alkanes of at least 4 members (excludes halogenated alkanes) is 1. The average molecular weight is 570 g/mol. The molecule has 0 aromatic carbocycles. The van der Waals surface area contributed by atoms with E-state index >= 15 is 0 Å². The van der Waals surface area contributed by atoms with Crippen molar-refractivity contribution in [3.8, 4) is 0 Å². The number of carbonyl (C=O) groups is 2. The molecule has 0 radical (unpaired) electrons. The van der Waals surface area contributed by atoms with Crippen LogP contribution in [-0.4, -0.2) is 54.1 Å². The highest BCUT2D eigenvalue weighted by Crippen LogP contribution is 2.33. The van der Waals surface area contributed by atoms with Crippen LogP contribution in [0.3, 0.4) is 0 Å². The third-order valence-corrected chi connectivity index (χ3v) is 7.85. The van der Waals surface area contributed by atoms with Crippen LogP contribution < -0.4 is 5.73 Å². The van der Waals surface area contributed by atoms with Gasteiger partial charge in [0.15, 0.2) is 5.78 Å². The van der Waals surface area contributed by atoms with Crippen LogP contribution in [0.25, 0.3) is 0 Å². The molecule has 2 rings (SSSR count). The largest absolute Gasteiger partial charge is 0.394 e. The van der Waals surface area contributed by atoms with Gasteiger partial charge in [-0.05, 0) is 110 Å². The minimum atomic E-state index is -0.144. The summed E-state index contributed by atoms with van der Waals surface area (Å²) in [6.45, 7) is 22.5. The number of amides is 1. The summed E-state index contributed by atoms with van der Waals surface area (Å²) in [5.74, 6) is 0.615. The van der Waals surface area contributed by atoms with Crippen molar-refractivity contribution in [2.45, 2.75) is 133 Å². The van der Waals surface area contributed by atoms with Crippen LogP contribution in [-0.2, 0) is 14.3 Å². The molecular weight excluding hydrogens is 510 g/mol. The van der Waals surface area contributed by atoms with Crippen molar-refractivity contribution in [1.82, 2.24) is 4.90 Å². The second-order valence-corrected chi connectivity index (χ2v) is 12.0. The molecule has 1 saturated heterocycles. The van der Waals surface area contributed by atoms with Crippen molar-refractivity contribution >= 4 is 17.4 Å². The third-order valence-electron chi connectivity index (χ3n) is 7.85. The van der Waals surface area contributed by atoms with Crippen LogP contribution >= 0.6 is 0 Å². The molecular formula is C35H59N3O3. The van der Waals surface area contributed by atoms with Gasteiger partial charge in [-0.2, -0.15) is 0 Å². The Labute approximate surface area is 251 Å². The van der Waals surface area contributed by atoms with Crippen molar-refractivity contribution in [3.63, 3.8) is 0 Å². The average Bonchev–Trinajstić information content (AvgIpc) is 3.38. The number of hydrogen-bond acceptors (Lipinski definition) is 5. The molecule has 6 heteroatoms. The van der Waals surface area contributed by atoms with E-state index in [1.807, 2.05) is 13.8 Å². The van der Waals surface area contributed by atoms with Crippen LogP contribution in [0.15, 0.2) is 50.7 Å². The van der Waals surface area contributed by atoms with Gasteiger partial charge in [-0.15, -0.1) is 0 Å². The maximum Gasteiger partial charge on any atom is 0.270 e. The van der Waals surface area contributed by atoms with E-state index in [-0.39, 0.29) is 36.1 Å². The SMILES string of the molecule is C/C=C\C(C)=C(\C)C(=C(C)C)C(CCC)CCCC.CC(=O)CN=C1CCC/C1=C(/N)C(=O)N1CC(C)OC(C)C1. The standard InChI is InChI=1S/C19H34.C16H25N3O3/c1-8-11-14-18(13-10-3)19(15(4)5)17(7)16(6)12-9-2;1-10(20)7-18-14-6-4-5-13(14)15(17)16(21)19-8-11(2)22-12(3)9-19/h9,12,18H,8,10-11,13-14H2,1-7H3;11-12H,4-9,17H2,1-3H3/b12-9-,17-16-;15-13-,18-14?. The minimum Gasteiger partial charge on any atom is -0.394 e. The highest BCUT2D eigenvalue weighted by molar-refractivity contribution is 6.09. The number of aliphatic imine (C=N–C) groups is 1. The van der Waals surface area contributed by atoms with Crippen LogP contribution in [0.1, 0.15) is 121 Å². The van der Waals surface area contributed by atoms with Gasteiger partial charge in [0.05, 0.1) is 18.8 Å². The molecule has 0 bridgehead atoms. The fourth-order valence-electron chi connectivity index (χ4n) is 5.95. The van der Waals surface area contributed by atoms with Crippen molar-refractivity contribution in [2.24, 2.45) is 16.6 Å². The van der Waals surface area contributed by atoms with Crippen molar-refractivity contribution in [3.05, 3.63) is 45.7 Å². The molecule has 3 atom stereocenters. The lowest BCUT2D eigenvalue weighted by atomic mass is 9.82. The molecule has 1 saturated carbocycles. The second kappa shape index (κ2) is 18.9. The van der Waals surface area contributed by atoms with Crippen molar-refractivity contribution in [1.29, 1.82) is 0 Å². The molecule has 6 nitrogen and oxygen atoms in total. The Morgan fingerprint density at radius 3 is 2.17 bits per heavy atom. The number of Topliss-reactive ketones (excluding diaryl/α,β-unsaturated/α-hetero) is 1. The first-order valence-corrected chi connectivity index (χ1v) is 15.8. The summed E-state index contributed by atoms with van der Waals surface area (Å²) in [6.07, 6.45) is 13.5. The van der Waals surface area contributed by atoms with Gasteiger partial charge in [-0.25, -0.2) is 0 Å². The quantitative estimate of drug-likeness (QED) is 0.202. The number of nitrogens with two attached hydrogens (primary N) is 1. The van der Waals surface area contributed by atoms with Gasteiger partial charge >= 0.3 is 0 Å². The molecule has 1 heterocycles. The molecule has 1 aliphatic carbocycles. The first-order chi connectivity index (χ1) is 19.4. The summed E-state index contributed by atoms with van der Waals surface area (Å²) in [6, 6.07) is 0. The van der Waals surface area contributed by atoms with Crippen LogP contribution in [0.4, 0.5) is 0 Å². The zero-order valence-electron chi connectivity index (χ0n) is 27.9. The lowest BCUT2D eigenvalue weighted by Crippen LogP contribution is -2.49. The Kier molecular flexibility index (Phi) is 16.8. The van der Waals surface area contributed by atoms with Gasteiger partial charge in [0, 0.05) is 24.4 Å². The minimum absolute atomic E-state index is 0.0134. The number of morpholine rings is 1. The zero-order chi connectivity index (χ0) is 31.1. The molecule has 232 valence electrons. The number of nitrogens with zero attached hydrogens (tertiary/aromatic N) is 2. The number of carbonyl (C=O) groups excluding carboxylic acids is 2. The molecule has 2 aliphatic rings. The van der Waals surface area contributed by atoms with Crippen molar-refractivity contribution in [2.75, 3.05) is 19.6 Å². The lowest BCUT2D eigenvalue weighted by Gasteiger charge is -2.35. The van der Waals surface area contributed by atoms with E-state index in [1.54, 1.807) is 10.5 Å². The molecule has 0 spiro atoms. The normalized spacial score (nSPS) is 22.7. The summed E-state index contributed by atoms with van der Waals surface area (Å²) < 4.78 is 5.65. The molecule has 2 fully saturated rings. The Balaban J connectivity index is 0.000000416. The summed E-state index contributed by atoms with van der Waals surface area (Å²) in [7, 11) is 0. The van der Waals surface area contributed by atoms with Crippen molar-refractivity contribution < 1.29 is 14.3 Å². The molecule has 1 amide bonds. The molecule has 2 N–H and O–H groups in total. The molecule has 1 aliphatic heterocycles. The van der Waals surface area contributed by atoms with E-state index in [0.29, 0.717) is 13.1 Å². The summed E-state index contributed by atoms with van der Waals surface area (Å²) in [5.41, 5.74) is 14.1. The predicted molar refractivity (Wildman–Crippen MR) is 174 cm³/mol. The Bertz CT molecular complexity index is 1020. The first kappa shape index (κ1) is 36.6. The topological polar surface area (TPSA) is 85.0 Å². The fourth-order valence-corrected chi connectivity index (χ4v) is 5.95. The second-order valence-electron chi connectivity index (χ2n) is 12.0. The smallest absolute Gasteiger partial charge is 0.270 e. The monoisotopic (exact) mass is 569 g/mol. The van der Waals surface area contributed by atoms with Gasteiger partial charge in [0.25, 0.3) is 5.91 Å². The van der Waals surface area contributed by atoms with Gasteiger partial charge in [-0.3, -0.25) is 14.6 Å². The third kappa shape index (κ3) is 12.1. The van der Waals surface area contributed by atoms with E-state index < -0.39 is 0 Å². The molecule has 3 unspecified atom stereocenters. The van der Waals surface area contributed by atoms with Gasteiger partial charge in [0.1, 0.15) is 5.70 Å². The molecule has 41 heavy (non-hydrogen) atoms. The van der Waals surface area contributed by atoms with E-state index in [4.69, 9.17) is 10.5 Å². The van der Waals surface area contributed by atoms with E-state index in [2.05, 4.69) is 65.6 Å². The molecule has 0 aromatic rings. The van der Waals surface area contributed by atoms with E-state index in [0.717, 1.165) is 36.5 Å². The van der Waals surface area contributed by atoms with Crippen LogP contribution in [0.5, 0.6) is 0 Å². The summed E-state index contributed by atoms with van der Waals surface area (Å²) >= 11 is 0. The number of rotatable bonds is 11. The molecule has 0 aromatic heterocycles. The Morgan fingerprint density at radius 2 is 1.66 bits per heavy atom. The van der Waals surface area contributed by atoms with Gasteiger partial charge in [-0.1, -0.05) is 50.8 Å². The van der Waals surface area contributed by atoms with Gasteiger partial charge < -0.3 is 15.4 Å². The predicted octanol–water partition coefficient (Wildman–Crippen LogP) is 7.89. The van der Waals surface area contributed by atoms with Gasteiger partial charge in [0.2, 0.25) is 0 Å². The van der Waals surface area contributed by atoms with Crippen LogP contribution in [0, 0.1) is 5.92 Å². The van der Waals surface area contributed by atoms with E-state index in [9.17, 15) is 9.59 Å². The number of allylic oxidation sites excluding steroid dienone is 7. The number of ether oxygens (including phenoxy) is 1. The lowest BCUT2D eigenvalue weighted by molar-refractivity contribution is -0.139. The maximum atomic E-state index is 12.6. The zero-order valence-corrected chi connectivity index (χ0v) is 27.9. The summed E-state index contributed by atoms with van der Waals surface area (Å²) in [4.78, 5) is 29.8. The first-order valence-electron chi connectivity index (χ1n) is 15.8. The summed E-state index contributed by atoms with van der Waals surface area (Å²) in [5, 5.41) is 0. The Hall–Kier alpha value is -2.47. The highest BCUT2D eigenvalue weighted by atomic mass is 16.5. The maximum absolute atomic E-state index is 12.6. The van der Waals surface area contributed by atoms with Crippen LogP contribution in [0.2, 0.25) is 0 Å². The number of hydrogen-bond donors (Lipinski definition) is 1. The van der Waals surface area contributed by atoms with E-state index in [1.165, 1.54) is 55.7 Å². The fraction of sp³-hybridized carbons (Fsp3) is 0.686. The number of ketones is 1. The Morgan fingerprint density at radius 1 is 1.02 bits per heavy atom.